The maximum absolute atomic E-state index is 12.8. The van der Waals surface area contributed by atoms with Crippen LogP contribution < -0.4 is 5.32 Å². The second-order valence-electron chi connectivity index (χ2n) is 8.09. The largest absolute Gasteiger partial charge is 0.456 e. The highest BCUT2D eigenvalue weighted by molar-refractivity contribution is 8.01. The molecule has 2 aromatic carbocycles. The smallest absolute Gasteiger partial charge is 0.307 e. The molecule has 1 heterocycles. The average Bonchev–Trinajstić information content (AvgIpc) is 2.71. The molecule has 0 radical (unpaired) electrons. The number of carbonyl (C=O) groups is 3. The zero-order valence-corrected chi connectivity index (χ0v) is 18.2. The van der Waals surface area contributed by atoms with Crippen molar-refractivity contribution in [3.8, 4) is 0 Å². The fourth-order valence-electron chi connectivity index (χ4n) is 3.12. The second-order valence-corrected chi connectivity index (χ2v) is 9.34. The number of esters is 1. The summed E-state index contributed by atoms with van der Waals surface area (Å²) in [5.41, 5.74) is 1.32. The molecule has 3 rings (SSSR count). The summed E-state index contributed by atoms with van der Waals surface area (Å²) in [5.74, 6) is -1.07. The zero-order chi connectivity index (χ0) is 21.7. The third kappa shape index (κ3) is 5.63. The molecular weight excluding hydrogens is 400 g/mol. The lowest BCUT2D eigenvalue weighted by Crippen LogP contribution is -2.47. The van der Waals surface area contributed by atoms with E-state index in [0.29, 0.717) is 6.54 Å². The second kappa shape index (κ2) is 9.34. The Kier molecular flexibility index (Phi) is 6.82. The highest BCUT2D eigenvalue weighted by atomic mass is 32.2. The van der Waals surface area contributed by atoms with Crippen LogP contribution in [0.2, 0.25) is 0 Å². The topological polar surface area (TPSA) is 75.7 Å². The van der Waals surface area contributed by atoms with Gasteiger partial charge in [-0.15, -0.1) is 11.8 Å². The van der Waals surface area contributed by atoms with E-state index in [-0.39, 0.29) is 24.8 Å². The lowest BCUT2D eigenvalue weighted by Gasteiger charge is -2.35. The van der Waals surface area contributed by atoms with Crippen LogP contribution in [-0.2, 0) is 25.7 Å². The summed E-state index contributed by atoms with van der Waals surface area (Å²) in [5, 5.41) is 2.22. The summed E-state index contributed by atoms with van der Waals surface area (Å²) >= 11 is 1.33. The monoisotopic (exact) mass is 426 g/mol. The van der Waals surface area contributed by atoms with Crippen LogP contribution >= 0.6 is 11.8 Å². The van der Waals surface area contributed by atoms with Crippen LogP contribution in [0.3, 0.4) is 0 Å². The summed E-state index contributed by atoms with van der Waals surface area (Å²) in [7, 11) is 0. The Balaban J connectivity index is 1.56. The highest BCUT2D eigenvalue weighted by Gasteiger charge is 2.31. The Morgan fingerprint density at radius 2 is 1.73 bits per heavy atom. The minimum atomic E-state index is -0.578. The van der Waals surface area contributed by atoms with Crippen molar-refractivity contribution >= 4 is 35.2 Å². The Morgan fingerprint density at radius 3 is 2.43 bits per heavy atom. The molecular formula is C23H26N2O4S. The first-order valence-corrected chi connectivity index (χ1v) is 10.7. The fraction of sp³-hybridized carbons (Fsp3) is 0.348. The first-order chi connectivity index (χ1) is 14.2. The third-order valence-electron chi connectivity index (χ3n) is 4.71. The van der Waals surface area contributed by atoms with Gasteiger partial charge in [0.2, 0.25) is 5.91 Å². The summed E-state index contributed by atoms with van der Waals surface area (Å²) in [6.45, 7) is 5.90. The number of nitrogens with zero attached hydrogens (tertiary/aromatic N) is 1. The lowest BCUT2D eigenvalue weighted by molar-refractivity contribution is -0.154. The summed E-state index contributed by atoms with van der Waals surface area (Å²) < 4.78 is 5.23. The third-order valence-corrected chi connectivity index (χ3v) is 5.98. The number of amides is 2. The predicted molar refractivity (Wildman–Crippen MR) is 117 cm³/mol. The van der Waals surface area contributed by atoms with E-state index in [4.69, 9.17) is 4.74 Å². The molecule has 0 fully saturated rings. The Morgan fingerprint density at radius 1 is 1.07 bits per heavy atom. The standard InChI is InChI=1S/C23H26N2O4S/c1-23(2,3)25(14-16-9-5-4-6-10-16)20(26)15-29-21(27)13-19-22(28)24-17-11-7-8-12-18(17)30-19/h4-12,19H,13-15H2,1-3H3,(H,24,28). The number of thioether (sulfide) groups is 1. The Bertz CT molecular complexity index is 924. The van der Waals surface area contributed by atoms with Crippen molar-refractivity contribution in [1.82, 2.24) is 4.90 Å². The quantitative estimate of drug-likeness (QED) is 0.710. The van der Waals surface area contributed by atoms with Crippen molar-refractivity contribution in [1.29, 1.82) is 0 Å². The first-order valence-electron chi connectivity index (χ1n) is 9.80. The van der Waals surface area contributed by atoms with Crippen molar-refractivity contribution in [3.63, 3.8) is 0 Å². The van der Waals surface area contributed by atoms with Gasteiger partial charge in [-0.05, 0) is 38.5 Å². The molecule has 1 atom stereocenters. The van der Waals surface area contributed by atoms with Crippen LogP contribution in [0.15, 0.2) is 59.5 Å². The number of nitrogens with one attached hydrogen (secondary N) is 1. The van der Waals surface area contributed by atoms with Crippen LogP contribution in [0.1, 0.15) is 32.8 Å². The van der Waals surface area contributed by atoms with Crippen LogP contribution in [0.5, 0.6) is 0 Å². The number of fused-ring (bicyclic) bond motifs is 1. The van der Waals surface area contributed by atoms with E-state index in [1.807, 2.05) is 75.4 Å². The van der Waals surface area contributed by atoms with Crippen molar-refractivity contribution in [3.05, 3.63) is 60.2 Å². The number of carbonyl (C=O) groups excluding carboxylic acids is 3. The molecule has 1 aliphatic heterocycles. The minimum Gasteiger partial charge on any atom is -0.456 e. The lowest BCUT2D eigenvalue weighted by atomic mass is 10.0. The molecule has 158 valence electrons. The van der Waals surface area contributed by atoms with Gasteiger partial charge in [-0.2, -0.15) is 0 Å². The molecule has 7 heteroatoms. The van der Waals surface area contributed by atoms with E-state index >= 15 is 0 Å². The van der Waals surface area contributed by atoms with E-state index in [1.54, 1.807) is 4.90 Å². The molecule has 1 unspecified atom stereocenters. The molecule has 1 N–H and O–H groups in total. The zero-order valence-electron chi connectivity index (χ0n) is 17.4. The average molecular weight is 427 g/mol. The summed E-state index contributed by atoms with van der Waals surface area (Å²) in [4.78, 5) is 40.0. The fourth-order valence-corrected chi connectivity index (χ4v) is 4.22. The van der Waals surface area contributed by atoms with Crippen LogP contribution in [0, 0.1) is 0 Å². The summed E-state index contributed by atoms with van der Waals surface area (Å²) in [6.07, 6.45) is -0.0910. The van der Waals surface area contributed by atoms with Gasteiger partial charge in [0, 0.05) is 17.0 Å². The van der Waals surface area contributed by atoms with Crippen molar-refractivity contribution < 1.29 is 19.1 Å². The molecule has 0 aromatic heterocycles. The summed E-state index contributed by atoms with van der Waals surface area (Å²) in [6, 6.07) is 17.1. The van der Waals surface area contributed by atoms with Gasteiger partial charge in [-0.3, -0.25) is 14.4 Å². The van der Waals surface area contributed by atoms with Gasteiger partial charge >= 0.3 is 5.97 Å². The van der Waals surface area contributed by atoms with Crippen molar-refractivity contribution in [2.75, 3.05) is 11.9 Å². The van der Waals surface area contributed by atoms with Crippen molar-refractivity contribution in [2.24, 2.45) is 0 Å². The number of para-hydroxylation sites is 1. The number of anilines is 1. The van der Waals surface area contributed by atoms with Gasteiger partial charge in [0.25, 0.3) is 5.91 Å². The molecule has 30 heavy (non-hydrogen) atoms. The van der Waals surface area contributed by atoms with Crippen LogP contribution in [0.25, 0.3) is 0 Å². The number of benzene rings is 2. The van der Waals surface area contributed by atoms with E-state index in [2.05, 4.69) is 5.32 Å². The molecule has 1 aliphatic rings. The maximum Gasteiger partial charge on any atom is 0.307 e. The molecule has 0 spiro atoms. The predicted octanol–water partition coefficient (Wildman–Crippen LogP) is 3.86. The molecule has 0 saturated carbocycles. The minimum absolute atomic E-state index is 0.0910. The Labute approximate surface area is 181 Å². The van der Waals surface area contributed by atoms with E-state index < -0.39 is 16.8 Å². The maximum atomic E-state index is 12.8. The number of rotatable bonds is 6. The van der Waals surface area contributed by atoms with Gasteiger partial charge in [0.15, 0.2) is 6.61 Å². The molecule has 2 amide bonds. The first kappa shape index (κ1) is 21.9. The Hall–Kier alpha value is -2.80. The highest BCUT2D eigenvalue weighted by Crippen LogP contribution is 2.36. The molecule has 0 saturated heterocycles. The van der Waals surface area contributed by atoms with E-state index in [1.165, 1.54) is 11.8 Å². The van der Waals surface area contributed by atoms with Gasteiger partial charge in [-0.1, -0.05) is 42.5 Å². The molecule has 2 aromatic rings. The number of hydrogen-bond acceptors (Lipinski definition) is 5. The van der Waals surface area contributed by atoms with E-state index in [0.717, 1.165) is 16.1 Å². The SMILES string of the molecule is CC(C)(C)N(Cc1ccccc1)C(=O)COC(=O)CC1Sc2ccccc2NC1=O. The molecule has 0 aliphatic carbocycles. The van der Waals surface area contributed by atoms with Gasteiger partial charge in [0.05, 0.1) is 17.4 Å². The molecule has 0 bridgehead atoms. The molecule has 6 nitrogen and oxygen atoms in total. The van der Waals surface area contributed by atoms with Crippen molar-refractivity contribution in [2.45, 2.75) is 49.4 Å². The normalized spacial score (nSPS) is 15.7. The van der Waals surface area contributed by atoms with Crippen LogP contribution in [-0.4, -0.2) is 40.1 Å². The van der Waals surface area contributed by atoms with Gasteiger partial charge in [0.1, 0.15) is 0 Å². The van der Waals surface area contributed by atoms with Gasteiger partial charge < -0.3 is 15.0 Å². The number of ether oxygens (including phenoxy) is 1. The van der Waals surface area contributed by atoms with Gasteiger partial charge in [-0.25, -0.2) is 0 Å². The van der Waals surface area contributed by atoms with E-state index in [9.17, 15) is 14.4 Å². The van der Waals surface area contributed by atoms with Crippen LogP contribution in [0.4, 0.5) is 5.69 Å². The number of hydrogen-bond donors (Lipinski definition) is 1.